The van der Waals surface area contributed by atoms with Gasteiger partial charge < -0.3 is 4.74 Å². The normalized spacial score (nSPS) is 9.43. The second-order valence-electron chi connectivity index (χ2n) is 5.18. The number of carbonyl (C=O) groups is 1. The summed E-state index contributed by atoms with van der Waals surface area (Å²) in [4.78, 5) is 11.1. The van der Waals surface area contributed by atoms with Crippen molar-refractivity contribution in [1.82, 2.24) is 0 Å². The van der Waals surface area contributed by atoms with Crippen molar-refractivity contribution in [2.75, 3.05) is 7.11 Å². The Labute approximate surface area is 136 Å². The smallest absolute Gasteiger partial charge is 0.305 e. The van der Waals surface area contributed by atoms with Crippen LogP contribution in [0.25, 0.3) is 0 Å². The fourth-order valence-electron chi connectivity index (χ4n) is 2.10. The van der Waals surface area contributed by atoms with E-state index < -0.39 is 0 Å². The Morgan fingerprint density at radius 3 is 2.48 bits per heavy atom. The molecule has 0 saturated heterocycles. The number of aryl methyl sites for hydroxylation is 2. The molecule has 0 N–H and O–H groups in total. The molecule has 0 heterocycles. The van der Waals surface area contributed by atoms with Crippen LogP contribution in [0, 0.1) is 30.1 Å². The average molecular weight is 303 g/mol. The summed E-state index contributed by atoms with van der Waals surface area (Å²) in [7, 11) is 1.39. The van der Waals surface area contributed by atoms with Crippen LogP contribution in [0.15, 0.2) is 42.5 Å². The van der Waals surface area contributed by atoms with Gasteiger partial charge in [-0.15, -0.1) is 0 Å². The van der Waals surface area contributed by atoms with Crippen molar-refractivity contribution in [2.45, 2.75) is 19.8 Å². The lowest BCUT2D eigenvalue weighted by Gasteiger charge is -2.01. The van der Waals surface area contributed by atoms with E-state index >= 15 is 0 Å². The first-order valence-corrected chi connectivity index (χ1v) is 7.31. The van der Waals surface area contributed by atoms with Gasteiger partial charge in [-0.05, 0) is 48.7 Å². The first-order chi connectivity index (χ1) is 11.1. The van der Waals surface area contributed by atoms with E-state index in [1.54, 1.807) is 6.07 Å². The van der Waals surface area contributed by atoms with Gasteiger partial charge in [-0.1, -0.05) is 30.0 Å². The lowest BCUT2D eigenvalue weighted by Crippen LogP contribution is -2.01. The van der Waals surface area contributed by atoms with Crippen LogP contribution in [0.3, 0.4) is 0 Å². The SMILES string of the molecule is COC(=O)CCc1ccc(C#Cc2cc(C)ccc2C#N)cc1. The van der Waals surface area contributed by atoms with Crippen molar-refractivity contribution in [2.24, 2.45) is 0 Å². The lowest BCUT2D eigenvalue weighted by atomic mass is 10.0. The standard InChI is InChI=1S/C20H17NO2/c1-15-3-10-19(14-21)18(13-15)11-8-16-4-6-17(7-5-16)9-12-20(22)23-2/h3-7,10,13H,9,12H2,1-2H3. The third kappa shape index (κ3) is 4.73. The molecular weight excluding hydrogens is 286 g/mol. The molecule has 0 spiro atoms. The van der Waals surface area contributed by atoms with Gasteiger partial charge in [-0.2, -0.15) is 5.26 Å². The van der Waals surface area contributed by atoms with Crippen LogP contribution in [0.1, 0.15) is 34.2 Å². The summed E-state index contributed by atoms with van der Waals surface area (Å²) < 4.78 is 4.63. The summed E-state index contributed by atoms with van der Waals surface area (Å²) in [6.07, 6.45) is 1.02. The Morgan fingerprint density at radius 1 is 1.09 bits per heavy atom. The molecule has 0 unspecified atom stereocenters. The Morgan fingerprint density at radius 2 is 1.83 bits per heavy atom. The van der Waals surface area contributed by atoms with Gasteiger partial charge in [0.25, 0.3) is 0 Å². The number of nitrogens with zero attached hydrogens (tertiary/aromatic N) is 1. The highest BCUT2D eigenvalue weighted by molar-refractivity contribution is 5.69. The number of ether oxygens (including phenoxy) is 1. The minimum Gasteiger partial charge on any atom is -0.469 e. The second kappa shape index (κ2) is 7.82. The molecule has 0 aliphatic rings. The Hall–Kier alpha value is -3.04. The van der Waals surface area contributed by atoms with E-state index in [0.29, 0.717) is 18.4 Å². The molecule has 0 amide bonds. The van der Waals surface area contributed by atoms with Gasteiger partial charge in [0.1, 0.15) is 6.07 Å². The van der Waals surface area contributed by atoms with Gasteiger partial charge in [-0.25, -0.2) is 0 Å². The first kappa shape index (κ1) is 16.3. The van der Waals surface area contributed by atoms with Crippen LogP contribution in [0.2, 0.25) is 0 Å². The van der Waals surface area contributed by atoms with Gasteiger partial charge in [0.15, 0.2) is 0 Å². The minimum atomic E-state index is -0.211. The van der Waals surface area contributed by atoms with E-state index in [1.165, 1.54) is 7.11 Å². The first-order valence-electron chi connectivity index (χ1n) is 7.31. The zero-order chi connectivity index (χ0) is 16.7. The molecule has 0 radical (unpaired) electrons. The van der Waals surface area contributed by atoms with Crippen molar-refractivity contribution in [3.63, 3.8) is 0 Å². The molecule has 0 saturated carbocycles. The zero-order valence-corrected chi connectivity index (χ0v) is 13.2. The van der Waals surface area contributed by atoms with Gasteiger partial charge in [0, 0.05) is 17.5 Å². The Balaban J connectivity index is 2.12. The van der Waals surface area contributed by atoms with Crippen molar-refractivity contribution < 1.29 is 9.53 Å². The topological polar surface area (TPSA) is 50.1 Å². The zero-order valence-electron chi connectivity index (χ0n) is 13.2. The maximum absolute atomic E-state index is 11.1. The van der Waals surface area contributed by atoms with Crippen LogP contribution in [0.5, 0.6) is 0 Å². The monoisotopic (exact) mass is 303 g/mol. The molecule has 0 fully saturated rings. The molecule has 2 aromatic carbocycles. The van der Waals surface area contributed by atoms with Crippen LogP contribution in [-0.4, -0.2) is 13.1 Å². The summed E-state index contributed by atoms with van der Waals surface area (Å²) in [6, 6.07) is 15.5. The molecule has 0 aliphatic heterocycles. The fraction of sp³-hybridized carbons (Fsp3) is 0.200. The summed E-state index contributed by atoms with van der Waals surface area (Å²) >= 11 is 0. The van der Waals surface area contributed by atoms with Crippen LogP contribution < -0.4 is 0 Å². The maximum Gasteiger partial charge on any atom is 0.305 e. The molecule has 114 valence electrons. The quantitative estimate of drug-likeness (QED) is 0.645. The van der Waals surface area contributed by atoms with Gasteiger partial charge in [0.2, 0.25) is 0 Å². The van der Waals surface area contributed by atoms with E-state index in [4.69, 9.17) is 5.26 Å². The molecule has 2 rings (SSSR count). The summed E-state index contributed by atoms with van der Waals surface area (Å²) in [5, 5.41) is 9.11. The molecule has 0 aromatic heterocycles. The number of nitriles is 1. The van der Waals surface area contributed by atoms with Crippen LogP contribution in [-0.2, 0) is 16.0 Å². The highest BCUT2D eigenvalue weighted by atomic mass is 16.5. The van der Waals surface area contributed by atoms with Crippen molar-refractivity contribution in [3.05, 3.63) is 70.3 Å². The molecule has 23 heavy (non-hydrogen) atoms. The predicted molar refractivity (Wildman–Crippen MR) is 88.7 cm³/mol. The number of hydrogen-bond donors (Lipinski definition) is 0. The predicted octanol–water partition coefficient (Wildman–Crippen LogP) is 3.37. The number of hydrogen-bond acceptors (Lipinski definition) is 3. The van der Waals surface area contributed by atoms with Gasteiger partial charge >= 0.3 is 5.97 Å². The van der Waals surface area contributed by atoms with Crippen molar-refractivity contribution in [3.8, 4) is 17.9 Å². The molecule has 2 aromatic rings. The summed E-state index contributed by atoms with van der Waals surface area (Å²) in [6.45, 7) is 1.97. The van der Waals surface area contributed by atoms with E-state index in [9.17, 15) is 4.79 Å². The number of carbonyl (C=O) groups excluding carboxylic acids is 1. The highest BCUT2D eigenvalue weighted by Crippen LogP contribution is 2.11. The van der Waals surface area contributed by atoms with Crippen LogP contribution in [0.4, 0.5) is 0 Å². The van der Waals surface area contributed by atoms with E-state index in [-0.39, 0.29) is 5.97 Å². The number of rotatable bonds is 3. The molecule has 3 nitrogen and oxygen atoms in total. The van der Waals surface area contributed by atoms with Crippen molar-refractivity contribution >= 4 is 5.97 Å². The van der Waals surface area contributed by atoms with Gasteiger partial charge in [0.05, 0.1) is 12.7 Å². The number of benzene rings is 2. The van der Waals surface area contributed by atoms with E-state index in [2.05, 4.69) is 22.6 Å². The highest BCUT2D eigenvalue weighted by Gasteiger charge is 2.01. The Kier molecular flexibility index (Phi) is 5.56. The second-order valence-corrected chi connectivity index (χ2v) is 5.18. The third-order valence-corrected chi connectivity index (χ3v) is 3.44. The molecular formula is C20H17NO2. The largest absolute Gasteiger partial charge is 0.469 e. The molecule has 0 bridgehead atoms. The van der Waals surface area contributed by atoms with Gasteiger partial charge in [-0.3, -0.25) is 4.79 Å². The third-order valence-electron chi connectivity index (χ3n) is 3.44. The fourth-order valence-corrected chi connectivity index (χ4v) is 2.10. The number of methoxy groups -OCH3 is 1. The van der Waals surface area contributed by atoms with Crippen molar-refractivity contribution in [1.29, 1.82) is 5.26 Å². The van der Waals surface area contributed by atoms with Crippen LogP contribution >= 0.6 is 0 Å². The molecule has 0 aliphatic carbocycles. The molecule has 3 heteroatoms. The van der Waals surface area contributed by atoms with E-state index in [1.807, 2.05) is 43.3 Å². The maximum atomic E-state index is 11.1. The van der Waals surface area contributed by atoms with E-state index in [0.717, 1.165) is 22.3 Å². The summed E-state index contributed by atoms with van der Waals surface area (Å²) in [5.74, 6) is 5.92. The minimum absolute atomic E-state index is 0.211. The lowest BCUT2D eigenvalue weighted by molar-refractivity contribution is -0.140. The molecule has 0 atom stereocenters. The number of esters is 1. The summed E-state index contributed by atoms with van der Waals surface area (Å²) in [5.41, 5.74) is 4.33. The Bertz CT molecular complexity index is 802. The average Bonchev–Trinajstić information content (AvgIpc) is 2.58.